The maximum atomic E-state index is 14.7. The molecule has 10 aromatic rings. The first kappa shape index (κ1) is 51.9. The fourth-order valence-corrected chi connectivity index (χ4v) is 14.0. The summed E-state index contributed by atoms with van der Waals surface area (Å²) in [6, 6.07) is 51.2. The minimum absolute atomic E-state index is 0.0456. The van der Waals surface area contributed by atoms with Crippen molar-refractivity contribution < 1.29 is 8.42 Å². The Bertz CT molecular complexity index is 4160. The van der Waals surface area contributed by atoms with E-state index in [-0.39, 0.29) is 21.6 Å². The number of nitriles is 3. The summed E-state index contributed by atoms with van der Waals surface area (Å²) in [6.07, 6.45) is 21.6. The van der Waals surface area contributed by atoms with Crippen molar-refractivity contribution in [2.45, 2.75) is 140 Å². The zero-order chi connectivity index (χ0) is 53.9. The van der Waals surface area contributed by atoms with Crippen LogP contribution in [0.3, 0.4) is 0 Å². The summed E-state index contributed by atoms with van der Waals surface area (Å²) in [6.45, 7) is 6.79. The average molecular weight is 1040 g/mol. The highest BCUT2D eigenvalue weighted by Crippen LogP contribution is 2.51. The summed E-state index contributed by atoms with van der Waals surface area (Å²) in [5, 5.41) is 36.0. The highest BCUT2D eigenvalue weighted by atomic mass is 32.2. The Morgan fingerprint density at radius 1 is 0.474 bits per heavy atom. The molecular formula is C69H66N6O2S. The van der Waals surface area contributed by atoms with E-state index in [1.54, 1.807) is 12.1 Å². The second-order valence-electron chi connectivity index (χ2n) is 21.4. The number of rotatable bonds is 20. The van der Waals surface area contributed by atoms with Crippen molar-refractivity contribution in [3.05, 3.63) is 178 Å². The van der Waals surface area contributed by atoms with Crippen molar-refractivity contribution in [1.29, 1.82) is 15.8 Å². The summed E-state index contributed by atoms with van der Waals surface area (Å²) in [4.78, 5) is -0.444. The summed E-state index contributed by atoms with van der Waals surface area (Å²) in [7, 11) is -4.40. The number of aryl methyl sites for hydroxylation is 2. The molecule has 0 spiro atoms. The number of aromatic nitrogens is 3. The zero-order valence-corrected chi connectivity index (χ0v) is 46.0. The second-order valence-corrected chi connectivity index (χ2v) is 23.3. The van der Waals surface area contributed by atoms with Crippen LogP contribution in [0, 0.1) is 34.0 Å². The smallest absolute Gasteiger partial charge is 0.209 e. The second kappa shape index (κ2) is 22.4. The molecule has 9 heteroatoms. The van der Waals surface area contributed by atoms with Crippen LogP contribution in [0.1, 0.15) is 150 Å². The highest BCUT2D eigenvalue weighted by molar-refractivity contribution is 7.91. The van der Waals surface area contributed by atoms with E-state index < -0.39 is 14.7 Å². The fourth-order valence-electron chi connectivity index (χ4n) is 12.5. The van der Waals surface area contributed by atoms with Gasteiger partial charge in [-0.15, -0.1) is 0 Å². The molecule has 0 bridgehead atoms. The van der Waals surface area contributed by atoms with Crippen molar-refractivity contribution in [2.75, 3.05) is 0 Å². The van der Waals surface area contributed by atoms with Crippen molar-refractivity contribution in [1.82, 2.24) is 13.7 Å². The van der Waals surface area contributed by atoms with Crippen LogP contribution >= 0.6 is 0 Å². The zero-order valence-electron chi connectivity index (χ0n) is 45.2. The number of sulfone groups is 1. The molecule has 0 radical (unpaired) electrons. The molecule has 0 fully saturated rings. The number of allylic oxidation sites excluding steroid dienone is 1. The van der Waals surface area contributed by atoms with Gasteiger partial charge in [0.2, 0.25) is 9.84 Å². The largest absolute Gasteiger partial charge is 0.312 e. The maximum absolute atomic E-state index is 14.7. The van der Waals surface area contributed by atoms with Crippen LogP contribution in [0.4, 0.5) is 0 Å². The lowest BCUT2D eigenvalue weighted by Gasteiger charge is -2.17. The molecule has 11 rings (SSSR count). The first-order valence-electron chi connectivity index (χ1n) is 28.4. The molecule has 0 N–H and O–H groups in total. The molecule has 0 unspecified atom stereocenters. The van der Waals surface area contributed by atoms with Crippen LogP contribution in [0.25, 0.3) is 77.7 Å². The van der Waals surface area contributed by atoms with Gasteiger partial charge in [-0.1, -0.05) is 139 Å². The molecule has 1 aliphatic rings. The average Bonchev–Trinajstić information content (AvgIpc) is 3.15. The number of unbranched alkanes of at least 4 members (excludes halogenated alkanes) is 9. The lowest BCUT2D eigenvalue weighted by atomic mass is 9.91. The Morgan fingerprint density at radius 3 is 1.45 bits per heavy atom. The molecular weight excluding hydrogens is 977 g/mol. The third-order valence-electron chi connectivity index (χ3n) is 16.3. The van der Waals surface area contributed by atoms with E-state index in [9.17, 15) is 24.2 Å². The van der Waals surface area contributed by atoms with Crippen molar-refractivity contribution in [2.24, 2.45) is 0 Å². The van der Waals surface area contributed by atoms with E-state index >= 15 is 0 Å². The maximum Gasteiger partial charge on any atom is 0.209 e. The van der Waals surface area contributed by atoms with Gasteiger partial charge in [0.05, 0.1) is 55.2 Å². The van der Waals surface area contributed by atoms with E-state index in [0.717, 1.165) is 107 Å². The predicted octanol–water partition coefficient (Wildman–Crippen LogP) is 17.8. The van der Waals surface area contributed by atoms with Gasteiger partial charge in [-0.2, -0.15) is 15.8 Å². The number of para-hydroxylation sites is 2. The van der Waals surface area contributed by atoms with Crippen molar-refractivity contribution in [3.8, 4) is 35.3 Å². The van der Waals surface area contributed by atoms with Gasteiger partial charge in [-0.05, 0) is 147 Å². The lowest BCUT2D eigenvalue weighted by Crippen LogP contribution is -2.08. The number of fused-ring (bicyclic) bond motifs is 12. The van der Waals surface area contributed by atoms with Crippen LogP contribution < -0.4 is 0 Å². The lowest BCUT2D eigenvalue weighted by molar-refractivity contribution is 0.595. The minimum Gasteiger partial charge on any atom is -0.312 e. The monoisotopic (exact) mass is 1040 g/mol. The highest BCUT2D eigenvalue weighted by Gasteiger charge is 2.33. The molecule has 78 heavy (non-hydrogen) atoms. The molecule has 0 aliphatic heterocycles. The Balaban J connectivity index is 1.31. The fraction of sp³-hybridized carbons (Fsp3) is 0.290. The molecule has 0 saturated heterocycles. The quantitative estimate of drug-likeness (QED) is 0.0704. The van der Waals surface area contributed by atoms with Gasteiger partial charge in [0.25, 0.3) is 0 Å². The first-order valence-corrected chi connectivity index (χ1v) is 29.9. The Kier molecular flexibility index (Phi) is 14.9. The van der Waals surface area contributed by atoms with Gasteiger partial charge in [0.1, 0.15) is 17.0 Å². The van der Waals surface area contributed by atoms with Crippen molar-refractivity contribution in [3.63, 3.8) is 0 Å². The van der Waals surface area contributed by atoms with Crippen LogP contribution in [0.2, 0.25) is 0 Å². The molecule has 7 aromatic carbocycles. The Morgan fingerprint density at radius 2 is 0.949 bits per heavy atom. The minimum atomic E-state index is -4.40. The molecule has 0 saturated carbocycles. The Labute approximate surface area is 459 Å². The van der Waals surface area contributed by atoms with Gasteiger partial charge in [0.15, 0.2) is 0 Å². The van der Waals surface area contributed by atoms with E-state index in [2.05, 4.69) is 138 Å². The Hall–Kier alpha value is -8.16. The van der Waals surface area contributed by atoms with Gasteiger partial charge in [0, 0.05) is 55.3 Å². The predicted molar refractivity (Wildman–Crippen MR) is 319 cm³/mol. The van der Waals surface area contributed by atoms with E-state index in [0.29, 0.717) is 0 Å². The summed E-state index contributed by atoms with van der Waals surface area (Å²) in [5.41, 5.74) is 14.7. The molecule has 3 aromatic heterocycles. The number of nitrogens with zero attached hydrogens (tertiary/aromatic N) is 6. The summed E-state index contributed by atoms with van der Waals surface area (Å²) >= 11 is 0. The van der Waals surface area contributed by atoms with E-state index in [1.165, 1.54) is 114 Å². The third-order valence-corrected chi connectivity index (χ3v) is 18.1. The third kappa shape index (κ3) is 9.27. The van der Waals surface area contributed by atoms with Gasteiger partial charge >= 0.3 is 0 Å². The topological polar surface area (TPSA) is 120 Å². The number of hydrogen-bond donors (Lipinski definition) is 0. The molecule has 1 aliphatic carbocycles. The summed E-state index contributed by atoms with van der Waals surface area (Å²) < 4.78 is 36.9. The van der Waals surface area contributed by atoms with Gasteiger partial charge in [-0.25, -0.2) is 8.42 Å². The number of hydrogen-bond acceptors (Lipinski definition) is 5. The van der Waals surface area contributed by atoms with E-state index in [1.807, 2.05) is 30.3 Å². The van der Waals surface area contributed by atoms with Crippen molar-refractivity contribution >= 4 is 70.4 Å². The van der Waals surface area contributed by atoms with Crippen LogP contribution in [-0.4, -0.2) is 22.1 Å². The molecule has 0 amide bonds. The SMILES string of the molecule is CCCCCCC1=Cc2c(n(-c3ccccc3)c3c2c2c(c4cc(CCCCCC)ccc4n2-c2ccc(S(=O)(=O)c4c(C#N)cc(C#N)cc4C#N)cc2)c2c3c3cc(CCCCCC)ccc3n2-c2ccccc2)CC1. The summed E-state index contributed by atoms with van der Waals surface area (Å²) in [5.74, 6) is 0. The van der Waals surface area contributed by atoms with Crippen LogP contribution in [0.5, 0.6) is 0 Å². The molecule has 8 nitrogen and oxygen atoms in total. The van der Waals surface area contributed by atoms with Gasteiger partial charge < -0.3 is 13.7 Å². The van der Waals surface area contributed by atoms with E-state index in [4.69, 9.17) is 0 Å². The molecule has 0 atom stereocenters. The number of benzene rings is 7. The normalized spacial score (nSPS) is 12.6. The van der Waals surface area contributed by atoms with Gasteiger partial charge in [-0.3, -0.25) is 0 Å². The molecule has 3 heterocycles. The van der Waals surface area contributed by atoms with Crippen LogP contribution in [0.15, 0.2) is 149 Å². The molecule has 390 valence electrons. The standard InChI is InChI=1S/C69H66N6O2S/c1-4-7-10-15-22-47-29-36-60-57(41-47)63-66-64(58-42-48(23-16-11-8-5-2)30-37-61(58)74(66)54-27-20-14-21-28-54)68-65(67(63)73(60)53-25-18-13-19-26-53)59-43-49(24-17-12-9-6-3)31-38-62(59)75(68)55-32-34-56(35-33-55)78(76,77)69-51(45-71)39-50(44-70)40-52(69)46-72/h13-14,18-21,25-29,31-36,38-43H,4-12,15-17,22-24,30,37H2,1-3H3. The van der Waals surface area contributed by atoms with Crippen LogP contribution in [-0.2, 0) is 29.1 Å². The first-order chi connectivity index (χ1) is 38.2.